The molecule has 13 nitrogen and oxygen atoms in total. The van der Waals surface area contributed by atoms with Gasteiger partial charge in [-0.25, -0.2) is 8.42 Å². The fourth-order valence-corrected chi connectivity index (χ4v) is 7.05. The number of aliphatic carboxylic acids is 1. The van der Waals surface area contributed by atoms with E-state index >= 15 is 0 Å². The van der Waals surface area contributed by atoms with Crippen molar-refractivity contribution in [1.29, 1.82) is 0 Å². The average Bonchev–Trinajstić information content (AvgIpc) is 3.24. The quantitative estimate of drug-likeness (QED) is 0.0978. The highest BCUT2D eigenvalue weighted by Crippen LogP contribution is 2.27. The van der Waals surface area contributed by atoms with Crippen molar-refractivity contribution in [2.24, 2.45) is 22.4 Å². The van der Waals surface area contributed by atoms with Crippen molar-refractivity contribution in [3.63, 3.8) is 0 Å². The zero-order chi connectivity index (χ0) is 36.4. The van der Waals surface area contributed by atoms with Crippen LogP contribution in [0.5, 0.6) is 0 Å². The summed E-state index contributed by atoms with van der Waals surface area (Å²) in [6.07, 6.45) is 1.40. The van der Waals surface area contributed by atoms with E-state index in [0.29, 0.717) is 11.3 Å². The second-order valence-corrected chi connectivity index (χ2v) is 14.0. The van der Waals surface area contributed by atoms with Gasteiger partial charge >= 0.3 is 5.97 Å². The first kappa shape index (κ1) is 37.5. The largest absolute Gasteiger partial charge is 0.481 e. The van der Waals surface area contributed by atoms with Crippen LogP contribution in [-0.2, 0) is 24.4 Å². The van der Waals surface area contributed by atoms with Crippen LogP contribution in [0.3, 0.4) is 0 Å². The van der Waals surface area contributed by atoms with Crippen molar-refractivity contribution >= 4 is 45.4 Å². The third kappa shape index (κ3) is 9.42. The maximum atomic E-state index is 14.6. The molecule has 0 aromatic heterocycles. The first-order valence-electron chi connectivity index (χ1n) is 16.1. The van der Waals surface area contributed by atoms with Crippen molar-refractivity contribution in [2.45, 2.75) is 43.5 Å². The van der Waals surface area contributed by atoms with Crippen molar-refractivity contribution in [3.05, 3.63) is 108 Å². The lowest BCUT2D eigenvalue weighted by Gasteiger charge is -2.32. The van der Waals surface area contributed by atoms with Crippen LogP contribution < -0.4 is 16.4 Å². The maximum absolute atomic E-state index is 14.6. The molecule has 0 spiro atoms. The predicted molar refractivity (Wildman–Crippen MR) is 190 cm³/mol. The molecule has 2 atom stereocenters. The summed E-state index contributed by atoms with van der Waals surface area (Å²) in [5.41, 5.74) is 13.1. The zero-order valence-electron chi connectivity index (χ0n) is 28.0. The molecule has 0 radical (unpaired) electrons. The van der Waals surface area contributed by atoms with Crippen molar-refractivity contribution in [1.82, 2.24) is 9.21 Å². The predicted octanol–water partition coefficient (Wildman–Crippen LogP) is 3.16. The number of guanidine groups is 1. The topological polar surface area (TPSA) is 197 Å². The number of carboxylic acids is 1. The summed E-state index contributed by atoms with van der Waals surface area (Å²) in [5, 5.41) is 9.68. The Balaban J connectivity index is 1.76. The van der Waals surface area contributed by atoms with Crippen LogP contribution in [0, 0.1) is 12.8 Å². The molecule has 264 valence electrons. The Morgan fingerprint density at radius 3 is 2.20 bits per heavy atom. The van der Waals surface area contributed by atoms with E-state index in [4.69, 9.17) is 11.5 Å². The number of likely N-dealkylation sites (N-methyl/N-ethyl adjacent to an activating group) is 1. The van der Waals surface area contributed by atoms with Gasteiger partial charge in [-0.1, -0.05) is 65.7 Å². The molecule has 0 bridgehead atoms. The van der Waals surface area contributed by atoms with E-state index in [1.807, 2.05) is 6.92 Å². The van der Waals surface area contributed by atoms with Gasteiger partial charge in [-0.05, 0) is 62.6 Å². The number of imide groups is 1. The molecular weight excluding hydrogens is 660 g/mol. The van der Waals surface area contributed by atoms with E-state index in [2.05, 4.69) is 4.99 Å². The van der Waals surface area contributed by atoms with E-state index in [-0.39, 0.29) is 55.3 Å². The first-order valence-corrected chi connectivity index (χ1v) is 17.5. The molecule has 0 unspecified atom stereocenters. The highest BCUT2D eigenvalue weighted by atomic mass is 32.2. The number of anilines is 1. The number of amides is 3. The molecule has 0 saturated carbocycles. The summed E-state index contributed by atoms with van der Waals surface area (Å²) in [5.74, 6) is -4.34. The second-order valence-electron chi connectivity index (χ2n) is 12.0. The summed E-state index contributed by atoms with van der Waals surface area (Å²) in [4.78, 5) is 60.7. The molecule has 3 aromatic rings. The molecule has 1 aliphatic rings. The zero-order valence-corrected chi connectivity index (χ0v) is 28.8. The van der Waals surface area contributed by atoms with Gasteiger partial charge in [-0.3, -0.25) is 29.1 Å². The molecule has 50 heavy (non-hydrogen) atoms. The lowest BCUT2D eigenvalue weighted by atomic mass is 10.00. The maximum Gasteiger partial charge on any atom is 0.304 e. The van der Waals surface area contributed by atoms with Gasteiger partial charge in [0.2, 0.25) is 21.8 Å². The van der Waals surface area contributed by atoms with Crippen LogP contribution in [0.1, 0.15) is 41.6 Å². The van der Waals surface area contributed by atoms with Gasteiger partial charge in [0.1, 0.15) is 6.04 Å². The molecule has 1 heterocycles. The van der Waals surface area contributed by atoms with Crippen LogP contribution in [-0.4, -0.2) is 85.1 Å². The number of hydrogen-bond donors (Lipinski definition) is 3. The Labute approximate surface area is 291 Å². The minimum Gasteiger partial charge on any atom is -0.481 e. The molecule has 5 N–H and O–H groups in total. The van der Waals surface area contributed by atoms with Gasteiger partial charge in [0.15, 0.2) is 5.96 Å². The molecule has 1 aliphatic heterocycles. The van der Waals surface area contributed by atoms with Gasteiger partial charge in [0.05, 0.1) is 23.8 Å². The third-order valence-electron chi connectivity index (χ3n) is 8.38. The van der Waals surface area contributed by atoms with Gasteiger partial charge in [0.25, 0.3) is 5.91 Å². The molecule has 4 rings (SSSR count). The summed E-state index contributed by atoms with van der Waals surface area (Å²) >= 11 is 0. The van der Waals surface area contributed by atoms with Crippen LogP contribution in [0.15, 0.2) is 106 Å². The summed E-state index contributed by atoms with van der Waals surface area (Å²) in [6.45, 7) is 1.78. The van der Waals surface area contributed by atoms with Crippen molar-refractivity contribution < 1.29 is 32.7 Å². The normalized spacial score (nSPS) is 15.5. The van der Waals surface area contributed by atoms with Crippen molar-refractivity contribution in [3.8, 4) is 0 Å². The van der Waals surface area contributed by atoms with Crippen LogP contribution in [0.2, 0.25) is 0 Å². The minimum atomic E-state index is -4.23. The van der Waals surface area contributed by atoms with Gasteiger partial charge < -0.3 is 21.5 Å². The van der Waals surface area contributed by atoms with E-state index in [0.717, 1.165) is 14.8 Å². The summed E-state index contributed by atoms with van der Waals surface area (Å²) in [6, 6.07) is 21.7. The highest BCUT2D eigenvalue weighted by Gasteiger charge is 2.38. The Morgan fingerprint density at radius 1 is 0.980 bits per heavy atom. The number of rotatable bonds is 14. The van der Waals surface area contributed by atoms with Crippen LogP contribution in [0.4, 0.5) is 5.69 Å². The van der Waals surface area contributed by atoms with Crippen LogP contribution in [0.25, 0.3) is 0 Å². The Kier molecular flexibility index (Phi) is 12.6. The Morgan fingerprint density at radius 2 is 1.60 bits per heavy atom. The number of carbonyl (C=O) groups is 4. The molecule has 3 aromatic carbocycles. The SMILES string of the molecule is Cc1ccc(S(=O)(=O)N(C)[C@@H](CCCN=C(N)N)C(=O)N(CC2=C[C@@H](CC(=O)O)C(=O)N(c3ccccc3)CC2)C(=O)c2ccccc2)cc1. The smallest absolute Gasteiger partial charge is 0.304 e. The number of benzene rings is 3. The molecular formula is C36H42N6O7S. The molecule has 0 saturated heterocycles. The highest BCUT2D eigenvalue weighted by molar-refractivity contribution is 7.89. The average molecular weight is 703 g/mol. The van der Waals surface area contributed by atoms with E-state index in [1.165, 1.54) is 30.2 Å². The number of para-hydroxylation sites is 1. The lowest BCUT2D eigenvalue weighted by molar-refractivity contribution is -0.139. The number of aryl methyl sites for hydroxylation is 1. The van der Waals surface area contributed by atoms with Gasteiger partial charge in [-0.15, -0.1) is 0 Å². The summed E-state index contributed by atoms with van der Waals surface area (Å²) in [7, 11) is -2.94. The molecule has 3 amide bonds. The molecule has 0 aliphatic carbocycles. The fraction of sp³-hybridized carbons (Fsp3) is 0.306. The van der Waals surface area contributed by atoms with E-state index in [1.54, 1.807) is 72.8 Å². The summed E-state index contributed by atoms with van der Waals surface area (Å²) < 4.78 is 28.7. The first-order chi connectivity index (χ1) is 23.8. The number of hydrogen-bond acceptors (Lipinski definition) is 7. The number of aliphatic imine (C=N–C) groups is 1. The molecule has 14 heteroatoms. The minimum absolute atomic E-state index is 0.0310. The standard InChI is InChI=1S/C36H42N6O7S/c1-25-15-17-30(18-16-25)50(48,49)40(2)31(14-9-20-39-36(37)38)35(47)42(33(45)27-10-5-3-6-11-27)24-26-19-21-41(29-12-7-4-8-13-29)34(46)28(22-26)23-32(43)44/h3-8,10-13,15-18,22,28,31H,9,14,19-21,23-24H2,1-2H3,(H,43,44)(H4,37,38,39)/t28-,31-/m0/s1. The second kappa shape index (κ2) is 16.9. The van der Waals surface area contributed by atoms with E-state index in [9.17, 15) is 32.7 Å². The van der Waals surface area contributed by atoms with Gasteiger partial charge in [-0.2, -0.15) is 4.31 Å². The number of sulfonamides is 1. The number of nitrogens with two attached hydrogens (primary N) is 2. The monoisotopic (exact) mass is 702 g/mol. The van der Waals surface area contributed by atoms with Crippen LogP contribution >= 0.6 is 0 Å². The van der Waals surface area contributed by atoms with Gasteiger partial charge in [0, 0.05) is 31.4 Å². The van der Waals surface area contributed by atoms with Crippen molar-refractivity contribution in [2.75, 3.05) is 31.6 Å². The third-order valence-corrected chi connectivity index (χ3v) is 10.3. The Hall–Kier alpha value is -5.34. The molecule has 0 fully saturated rings. The van der Waals surface area contributed by atoms with E-state index < -0.39 is 52.1 Å². The fourth-order valence-electron chi connectivity index (χ4n) is 5.70. The number of carboxylic acid groups (broad SMARTS) is 1. The Bertz CT molecular complexity index is 1840. The number of nitrogens with zero attached hydrogens (tertiary/aromatic N) is 4. The lowest BCUT2D eigenvalue weighted by Crippen LogP contribution is -2.51. The number of carbonyl (C=O) groups excluding carboxylic acids is 3.